The number of amides is 2. The van der Waals surface area contributed by atoms with Gasteiger partial charge in [0.25, 0.3) is 0 Å². The Morgan fingerprint density at radius 2 is 1.50 bits per heavy atom. The number of carbonyl (C=O) groups is 2. The van der Waals surface area contributed by atoms with E-state index in [1.165, 1.54) is 4.90 Å². The first-order valence-electron chi connectivity index (χ1n) is 6.36. The van der Waals surface area contributed by atoms with Gasteiger partial charge in [0, 0.05) is 0 Å². The maximum Gasteiger partial charge on any atom is 0.240 e. The Kier molecular flexibility index (Phi) is 1.95. The van der Waals surface area contributed by atoms with E-state index in [4.69, 9.17) is 4.74 Å². The summed E-state index contributed by atoms with van der Waals surface area (Å²) in [5.41, 5.74) is 0.682. The Morgan fingerprint density at radius 3 is 2.06 bits per heavy atom. The van der Waals surface area contributed by atoms with Gasteiger partial charge in [0.05, 0.1) is 29.7 Å². The number of nitrogens with zero attached hydrogens (tertiary/aromatic N) is 1. The second-order valence-corrected chi connectivity index (χ2v) is 5.19. The molecule has 2 unspecified atom stereocenters. The molecule has 0 N–H and O–H groups in total. The summed E-state index contributed by atoms with van der Waals surface area (Å²) in [6.07, 6.45) is 1.75. The maximum absolute atomic E-state index is 12.4. The molecule has 0 radical (unpaired) electrons. The molecule has 0 aliphatic carbocycles. The van der Waals surface area contributed by atoms with Crippen molar-refractivity contribution >= 4 is 17.5 Å². The summed E-state index contributed by atoms with van der Waals surface area (Å²) in [7, 11) is 0. The molecule has 1 aromatic carbocycles. The smallest absolute Gasteiger partial charge is 0.240 e. The van der Waals surface area contributed by atoms with Crippen molar-refractivity contribution < 1.29 is 14.3 Å². The average Bonchev–Trinajstić information content (AvgIpc) is 3.05. The van der Waals surface area contributed by atoms with Gasteiger partial charge in [-0.1, -0.05) is 18.2 Å². The van der Waals surface area contributed by atoms with Crippen LogP contribution in [0.5, 0.6) is 0 Å². The lowest BCUT2D eigenvalue weighted by atomic mass is 9.81. The molecule has 3 aliphatic rings. The lowest BCUT2D eigenvalue weighted by molar-refractivity contribution is -0.124. The number of hydrogen-bond acceptors (Lipinski definition) is 3. The van der Waals surface area contributed by atoms with Crippen molar-refractivity contribution in [1.29, 1.82) is 0 Å². The van der Waals surface area contributed by atoms with E-state index in [0.717, 1.165) is 12.8 Å². The molecule has 4 atom stereocenters. The molecule has 0 saturated carbocycles. The molecule has 4 heteroatoms. The Morgan fingerprint density at radius 1 is 0.944 bits per heavy atom. The van der Waals surface area contributed by atoms with Crippen molar-refractivity contribution in [3.8, 4) is 0 Å². The SMILES string of the molecule is O=C1C2[C@@H](C(=O)N1c1ccccc1)C1CC[C@H]2O1. The maximum atomic E-state index is 12.4. The molecule has 0 aromatic heterocycles. The van der Waals surface area contributed by atoms with Crippen LogP contribution in [0, 0.1) is 11.8 Å². The summed E-state index contributed by atoms with van der Waals surface area (Å²) < 4.78 is 5.70. The van der Waals surface area contributed by atoms with E-state index in [-0.39, 0.29) is 35.9 Å². The molecule has 0 spiro atoms. The van der Waals surface area contributed by atoms with Crippen molar-refractivity contribution in [2.24, 2.45) is 11.8 Å². The highest BCUT2D eigenvalue weighted by Gasteiger charge is 2.62. The van der Waals surface area contributed by atoms with Crippen molar-refractivity contribution in [2.45, 2.75) is 25.0 Å². The molecule has 2 bridgehead atoms. The van der Waals surface area contributed by atoms with Crippen LogP contribution in [0.15, 0.2) is 30.3 Å². The van der Waals surface area contributed by atoms with Gasteiger partial charge in [0.2, 0.25) is 11.8 Å². The minimum atomic E-state index is -0.239. The van der Waals surface area contributed by atoms with E-state index in [2.05, 4.69) is 0 Å². The van der Waals surface area contributed by atoms with Crippen molar-refractivity contribution in [3.05, 3.63) is 30.3 Å². The number of fused-ring (bicyclic) bond motifs is 5. The van der Waals surface area contributed by atoms with Gasteiger partial charge >= 0.3 is 0 Å². The zero-order chi connectivity index (χ0) is 12.3. The number of benzene rings is 1. The predicted molar refractivity (Wildman–Crippen MR) is 63.8 cm³/mol. The van der Waals surface area contributed by atoms with Crippen LogP contribution in [0.25, 0.3) is 0 Å². The molecule has 4 rings (SSSR count). The van der Waals surface area contributed by atoms with Crippen LogP contribution in [-0.4, -0.2) is 24.0 Å². The van der Waals surface area contributed by atoms with Gasteiger partial charge in [-0.2, -0.15) is 0 Å². The highest BCUT2D eigenvalue weighted by molar-refractivity contribution is 6.22. The molecular weight excluding hydrogens is 230 g/mol. The van der Waals surface area contributed by atoms with E-state index in [9.17, 15) is 9.59 Å². The molecule has 92 valence electrons. The van der Waals surface area contributed by atoms with E-state index < -0.39 is 0 Å². The number of ether oxygens (including phenoxy) is 1. The van der Waals surface area contributed by atoms with E-state index >= 15 is 0 Å². The summed E-state index contributed by atoms with van der Waals surface area (Å²) >= 11 is 0. The topological polar surface area (TPSA) is 46.6 Å². The number of imide groups is 1. The Hall–Kier alpha value is -1.68. The van der Waals surface area contributed by atoms with Crippen LogP contribution in [0.1, 0.15) is 12.8 Å². The summed E-state index contributed by atoms with van der Waals surface area (Å²) in [5, 5.41) is 0. The number of hydrogen-bond donors (Lipinski definition) is 0. The molecule has 4 nitrogen and oxygen atoms in total. The number of carbonyl (C=O) groups excluding carboxylic acids is 2. The third-order valence-electron chi connectivity index (χ3n) is 4.30. The first-order chi connectivity index (χ1) is 8.77. The summed E-state index contributed by atoms with van der Waals surface area (Å²) in [4.78, 5) is 26.2. The van der Waals surface area contributed by atoms with E-state index in [1.807, 2.05) is 18.2 Å². The highest BCUT2D eigenvalue weighted by atomic mass is 16.5. The average molecular weight is 243 g/mol. The van der Waals surface area contributed by atoms with Gasteiger partial charge < -0.3 is 4.74 Å². The fourth-order valence-corrected chi connectivity index (χ4v) is 3.54. The largest absolute Gasteiger partial charge is 0.373 e. The Labute approximate surface area is 105 Å². The zero-order valence-electron chi connectivity index (χ0n) is 9.78. The van der Waals surface area contributed by atoms with Gasteiger partial charge in [0.15, 0.2) is 0 Å². The summed E-state index contributed by atoms with van der Waals surface area (Å²) in [5.74, 6) is -0.639. The van der Waals surface area contributed by atoms with E-state index in [1.54, 1.807) is 12.1 Å². The number of para-hydroxylation sites is 1. The van der Waals surface area contributed by atoms with Crippen LogP contribution < -0.4 is 4.90 Å². The van der Waals surface area contributed by atoms with E-state index in [0.29, 0.717) is 5.69 Å². The molecule has 3 saturated heterocycles. The quantitative estimate of drug-likeness (QED) is 0.699. The zero-order valence-corrected chi connectivity index (χ0v) is 9.78. The van der Waals surface area contributed by atoms with Crippen LogP contribution >= 0.6 is 0 Å². The first kappa shape index (κ1) is 10.3. The van der Waals surface area contributed by atoms with Crippen molar-refractivity contribution in [1.82, 2.24) is 0 Å². The minimum Gasteiger partial charge on any atom is -0.373 e. The van der Waals surface area contributed by atoms with Crippen molar-refractivity contribution in [2.75, 3.05) is 4.90 Å². The van der Waals surface area contributed by atoms with Crippen LogP contribution in [0.2, 0.25) is 0 Å². The monoisotopic (exact) mass is 243 g/mol. The predicted octanol–water partition coefficient (Wildman–Crippen LogP) is 1.35. The summed E-state index contributed by atoms with van der Waals surface area (Å²) in [6.45, 7) is 0. The molecular formula is C14H13NO3. The molecule has 2 amide bonds. The Bertz CT molecular complexity index is 499. The highest BCUT2D eigenvalue weighted by Crippen LogP contribution is 2.49. The minimum absolute atomic E-state index is 0.0369. The number of anilines is 1. The molecule has 3 aliphatic heterocycles. The fourth-order valence-electron chi connectivity index (χ4n) is 3.54. The van der Waals surface area contributed by atoms with Crippen LogP contribution in [0.3, 0.4) is 0 Å². The third-order valence-corrected chi connectivity index (χ3v) is 4.30. The number of rotatable bonds is 1. The van der Waals surface area contributed by atoms with Gasteiger partial charge in [-0.25, -0.2) is 4.90 Å². The Balaban J connectivity index is 1.76. The van der Waals surface area contributed by atoms with Crippen molar-refractivity contribution in [3.63, 3.8) is 0 Å². The van der Waals surface area contributed by atoms with Gasteiger partial charge in [-0.05, 0) is 25.0 Å². The molecule has 3 fully saturated rings. The van der Waals surface area contributed by atoms with Gasteiger partial charge in [-0.3, -0.25) is 9.59 Å². The lowest BCUT2D eigenvalue weighted by Gasteiger charge is -2.17. The third kappa shape index (κ3) is 1.13. The second-order valence-electron chi connectivity index (χ2n) is 5.19. The van der Waals surface area contributed by atoms with Crippen LogP contribution in [0.4, 0.5) is 5.69 Å². The molecule has 3 heterocycles. The normalized spacial score (nSPS) is 37.4. The molecule has 1 aromatic rings. The fraction of sp³-hybridized carbons (Fsp3) is 0.429. The lowest BCUT2D eigenvalue weighted by Crippen LogP contribution is -2.34. The first-order valence-corrected chi connectivity index (χ1v) is 6.36. The molecule has 18 heavy (non-hydrogen) atoms. The van der Waals surface area contributed by atoms with Gasteiger partial charge in [0.1, 0.15) is 0 Å². The summed E-state index contributed by atoms with van der Waals surface area (Å²) in [6, 6.07) is 9.17. The van der Waals surface area contributed by atoms with Crippen LogP contribution in [-0.2, 0) is 14.3 Å². The second kappa shape index (κ2) is 3.42. The standard InChI is InChI=1S/C14H13NO3/c16-13-11-9-6-7-10(18-9)12(11)14(17)15(13)8-4-2-1-3-5-8/h1-5,9-12H,6-7H2/t9-,10?,11?,12+/m1/s1. The van der Waals surface area contributed by atoms with Gasteiger partial charge in [-0.15, -0.1) is 0 Å².